The van der Waals surface area contributed by atoms with Crippen LogP contribution in [0.15, 0.2) is 24.3 Å². The van der Waals surface area contributed by atoms with Crippen LogP contribution in [0.4, 0.5) is 5.69 Å². The van der Waals surface area contributed by atoms with Gasteiger partial charge in [-0.15, -0.1) is 12.4 Å². The van der Waals surface area contributed by atoms with Gasteiger partial charge in [0.15, 0.2) is 0 Å². The van der Waals surface area contributed by atoms with Crippen molar-refractivity contribution >= 4 is 24.0 Å². The number of nitrogens with zero attached hydrogens (tertiary/aromatic N) is 1. The number of likely N-dealkylation sites (tertiary alicyclic amines) is 1. The summed E-state index contributed by atoms with van der Waals surface area (Å²) in [4.78, 5) is 13.9. The van der Waals surface area contributed by atoms with Crippen molar-refractivity contribution < 1.29 is 4.79 Å². The van der Waals surface area contributed by atoms with Crippen LogP contribution in [0.5, 0.6) is 0 Å². The number of halogens is 1. The number of rotatable bonds is 3. The van der Waals surface area contributed by atoms with Crippen LogP contribution in [-0.4, -0.2) is 36.5 Å². The molecule has 1 saturated heterocycles. The zero-order valence-electron chi connectivity index (χ0n) is 10.6. The van der Waals surface area contributed by atoms with Crippen LogP contribution < -0.4 is 11.1 Å². The third-order valence-corrected chi connectivity index (χ3v) is 2.98. The van der Waals surface area contributed by atoms with Gasteiger partial charge in [0.25, 0.3) is 0 Å². The van der Waals surface area contributed by atoms with E-state index in [4.69, 9.17) is 5.73 Å². The van der Waals surface area contributed by atoms with Crippen LogP contribution >= 0.6 is 12.4 Å². The molecule has 0 saturated carbocycles. The highest BCUT2D eigenvalue weighted by Gasteiger charge is 2.20. The highest BCUT2D eigenvalue weighted by atomic mass is 35.5. The summed E-state index contributed by atoms with van der Waals surface area (Å²) in [5, 5.41) is 2.90. The summed E-state index contributed by atoms with van der Waals surface area (Å²) in [7, 11) is 0. The quantitative estimate of drug-likeness (QED) is 0.872. The van der Waals surface area contributed by atoms with Crippen molar-refractivity contribution in [3.05, 3.63) is 29.8 Å². The van der Waals surface area contributed by atoms with Crippen LogP contribution in [-0.2, 0) is 4.79 Å². The van der Waals surface area contributed by atoms with Gasteiger partial charge in [0.05, 0.1) is 6.54 Å². The fourth-order valence-corrected chi connectivity index (χ4v) is 2.13. The average Bonchev–Trinajstić information content (AvgIpc) is 2.63. The smallest absolute Gasteiger partial charge is 0.238 e. The summed E-state index contributed by atoms with van der Waals surface area (Å²) in [5.74, 6) is 0.0321. The Hall–Kier alpha value is -1.10. The minimum absolute atomic E-state index is 0. The molecule has 1 aliphatic heterocycles. The number of carbonyl (C=O) groups is 1. The number of anilines is 1. The Morgan fingerprint density at radius 2 is 2.33 bits per heavy atom. The van der Waals surface area contributed by atoms with Gasteiger partial charge >= 0.3 is 0 Å². The maximum Gasteiger partial charge on any atom is 0.238 e. The molecule has 2 rings (SSSR count). The lowest BCUT2D eigenvalue weighted by molar-refractivity contribution is -0.117. The van der Waals surface area contributed by atoms with Gasteiger partial charge in [-0.05, 0) is 31.0 Å². The van der Waals surface area contributed by atoms with Gasteiger partial charge in [0.1, 0.15) is 0 Å². The van der Waals surface area contributed by atoms with Crippen molar-refractivity contribution in [2.45, 2.75) is 19.4 Å². The summed E-state index contributed by atoms with van der Waals surface area (Å²) in [5.41, 5.74) is 7.80. The standard InChI is InChI=1S/C13H19N3O.ClH/c1-10-3-2-4-12(7-10)15-13(17)9-16-6-5-11(14)8-16;/h2-4,7,11H,5-6,8-9,14H2,1H3,(H,15,17);1H. The summed E-state index contributed by atoms with van der Waals surface area (Å²) in [6, 6.07) is 8.04. The summed E-state index contributed by atoms with van der Waals surface area (Å²) in [6.07, 6.45) is 0.984. The highest BCUT2D eigenvalue weighted by molar-refractivity contribution is 5.92. The number of nitrogens with two attached hydrogens (primary N) is 1. The average molecular weight is 270 g/mol. The molecule has 1 atom stereocenters. The Kier molecular flexibility index (Phi) is 5.59. The van der Waals surface area contributed by atoms with Crippen LogP contribution in [0.3, 0.4) is 0 Å². The third-order valence-electron chi connectivity index (χ3n) is 2.98. The third kappa shape index (κ3) is 4.29. The second-order valence-corrected chi connectivity index (χ2v) is 4.70. The minimum Gasteiger partial charge on any atom is -0.326 e. The molecule has 1 unspecified atom stereocenters. The van der Waals surface area contributed by atoms with Crippen molar-refractivity contribution in [3.63, 3.8) is 0 Å². The summed E-state index contributed by atoms with van der Waals surface area (Å²) >= 11 is 0. The predicted octanol–water partition coefficient (Wildman–Crippen LogP) is 1.39. The number of hydrogen-bond donors (Lipinski definition) is 2. The lowest BCUT2D eigenvalue weighted by Gasteiger charge is -2.14. The molecule has 0 spiro atoms. The molecule has 1 aliphatic rings. The molecule has 1 fully saturated rings. The van der Waals surface area contributed by atoms with E-state index < -0.39 is 0 Å². The Balaban J connectivity index is 0.00000162. The Morgan fingerprint density at radius 3 is 2.94 bits per heavy atom. The lowest BCUT2D eigenvalue weighted by atomic mass is 10.2. The van der Waals surface area contributed by atoms with Crippen molar-refractivity contribution in [2.24, 2.45) is 5.73 Å². The Morgan fingerprint density at radius 1 is 1.56 bits per heavy atom. The van der Waals surface area contributed by atoms with E-state index in [9.17, 15) is 4.79 Å². The molecule has 0 aromatic heterocycles. The van der Waals surface area contributed by atoms with Crippen molar-refractivity contribution in [3.8, 4) is 0 Å². The maximum absolute atomic E-state index is 11.8. The molecular formula is C13H20ClN3O. The summed E-state index contributed by atoms with van der Waals surface area (Å²) in [6.45, 7) is 4.18. The Labute approximate surface area is 114 Å². The maximum atomic E-state index is 11.8. The first-order valence-electron chi connectivity index (χ1n) is 5.98. The monoisotopic (exact) mass is 269 g/mol. The summed E-state index contributed by atoms with van der Waals surface area (Å²) < 4.78 is 0. The highest BCUT2D eigenvalue weighted by Crippen LogP contribution is 2.10. The van der Waals surface area contributed by atoms with E-state index in [1.165, 1.54) is 0 Å². The molecule has 1 heterocycles. The molecule has 3 N–H and O–H groups in total. The van der Waals surface area contributed by atoms with Gasteiger partial charge in [-0.1, -0.05) is 12.1 Å². The molecule has 4 nitrogen and oxygen atoms in total. The van der Waals surface area contributed by atoms with E-state index in [1.54, 1.807) is 0 Å². The van der Waals surface area contributed by atoms with E-state index >= 15 is 0 Å². The van der Waals surface area contributed by atoms with Crippen LogP contribution in [0.1, 0.15) is 12.0 Å². The zero-order valence-corrected chi connectivity index (χ0v) is 11.4. The van der Waals surface area contributed by atoms with Gasteiger partial charge in [-0.2, -0.15) is 0 Å². The van der Waals surface area contributed by atoms with E-state index in [-0.39, 0.29) is 24.4 Å². The van der Waals surface area contributed by atoms with E-state index in [0.29, 0.717) is 6.54 Å². The van der Waals surface area contributed by atoms with E-state index in [2.05, 4.69) is 10.2 Å². The number of benzene rings is 1. The van der Waals surface area contributed by atoms with E-state index in [0.717, 1.165) is 30.8 Å². The van der Waals surface area contributed by atoms with Crippen LogP contribution in [0.2, 0.25) is 0 Å². The lowest BCUT2D eigenvalue weighted by Crippen LogP contribution is -2.33. The molecule has 0 radical (unpaired) electrons. The first-order chi connectivity index (χ1) is 8.13. The van der Waals surface area contributed by atoms with Crippen LogP contribution in [0.25, 0.3) is 0 Å². The van der Waals surface area contributed by atoms with Gasteiger partial charge in [-0.25, -0.2) is 0 Å². The molecular weight excluding hydrogens is 250 g/mol. The molecule has 0 aliphatic carbocycles. The van der Waals surface area contributed by atoms with Gasteiger partial charge in [0, 0.05) is 24.8 Å². The number of amides is 1. The van der Waals surface area contributed by atoms with Gasteiger partial charge in [-0.3, -0.25) is 9.69 Å². The fourth-order valence-electron chi connectivity index (χ4n) is 2.13. The Bertz CT molecular complexity index is 411. The van der Waals surface area contributed by atoms with Crippen LogP contribution in [0, 0.1) is 6.92 Å². The van der Waals surface area contributed by atoms with Gasteiger partial charge in [0.2, 0.25) is 5.91 Å². The SMILES string of the molecule is Cc1cccc(NC(=O)CN2CCC(N)C2)c1.Cl. The fraction of sp³-hybridized carbons (Fsp3) is 0.462. The first-order valence-corrected chi connectivity index (χ1v) is 5.98. The molecule has 1 aromatic rings. The number of carbonyl (C=O) groups excluding carboxylic acids is 1. The number of hydrogen-bond acceptors (Lipinski definition) is 3. The molecule has 1 amide bonds. The molecule has 100 valence electrons. The van der Waals surface area contributed by atoms with E-state index in [1.807, 2.05) is 31.2 Å². The van der Waals surface area contributed by atoms with Crippen molar-refractivity contribution in [1.82, 2.24) is 4.90 Å². The molecule has 18 heavy (non-hydrogen) atoms. The predicted molar refractivity (Wildman–Crippen MR) is 76.1 cm³/mol. The molecule has 5 heteroatoms. The van der Waals surface area contributed by atoms with Crippen molar-refractivity contribution in [1.29, 1.82) is 0 Å². The zero-order chi connectivity index (χ0) is 12.3. The van der Waals surface area contributed by atoms with Crippen molar-refractivity contribution in [2.75, 3.05) is 25.0 Å². The molecule has 0 bridgehead atoms. The minimum atomic E-state index is 0. The second-order valence-electron chi connectivity index (χ2n) is 4.70. The number of nitrogens with one attached hydrogen (secondary N) is 1. The normalized spacial score (nSPS) is 19.3. The topological polar surface area (TPSA) is 58.4 Å². The number of aryl methyl sites for hydroxylation is 1. The molecule has 1 aromatic carbocycles. The first kappa shape index (κ1) is 15.0. The largest absolute Gasteiger partial charge is 0.326 e. The van der Waals surface area contributed by atoms with Gasteiger partial charge < -0.3 is 11.1 Å². The second kappa shape index (κ2) is 6.73.